The topological polar surface area (TPSA) is 46.9 Å². The van der Waals surface area contributed by atoms with Crippen LogP contribution in [0.1, 0.15) is 23.4 Å². The lowest BCUT2D eigenvalue weighted by atomic mass is 10.1. The highest BCUT2D eigenvalue weighted by Gasteiger charge is 2.42. The van der Waals surface area contributed by atoms with Crippen molar-refractivity contribution in [3.8, 4) is 0 Å². The van der Waals surface area contributed by atoms with Gasteiger partial charge in [-0.3, -0.25) is 9.48 Å². The number of carbonyl (C=O) groups excluding carboxylic acids is 1. The Hall–Kier alpha value is -2.32. The molecule has 0 saturated heterocycles. The van der Waals surface area contributed by atoms with Crippen LogP contribution in [0.25, 0.3) is 0 Å². The molecule has 166 valence electrons. The molecule has 0 spiro atoms. The average Bonchev–Trinajstić information content (AvgIpc) is 2.89. The van der Waals surface area contributed by atoms with E-state index in [1.165, 1.54) is 12.2 Å². The molecule has 1 aromatic heterocycles. The van der Waals surface area contributed by atoms with E-state index in [2.05, 4.69) is 21.0 Å². The summed E-state index contributed by atoms with van der Waals surface area (Å²) in [6.45, 7) is 0.658. The summed E-state index contributed by atoms with van der Waals surface area (Å²) >= 11 is 2.68. The molecule has 2 aromatic rings. The maximum atomic E-state index is 13.8. The number of carbonyl (C=O) groups is 1. The maximum absolute atomic E-state index is 13.8. The largest absolute Gasteiger partial charge is 0.436 e. The van der Waals surface area contributed by atoms with Crippen LogP contribution < -0.4 is 5.32 Å². The summed E-state index contributed by atoms with van der Waals surface area (Å²) in [7, 11) is 0. The van der Waals surface area contributed by atoms with Crippen molar-refractivity contribution in [3.05, 3.63) is 44.7 Å². The predicted molar refractivity (Wildman–Crippen MR) is 84.2 cm³/mol. The zero-order chi connectivity index (χ0) is 23.2. The number of halogens is 11. The van der Waals surface area contributed by atoms with E-state index < -0.39 is 75.9 Å². The second kappa shape index (κ2) is 8.07. The summed E-state index contributed by atoms with van der Waals surface area (Å²) < 4.78 is 131. The van der Waals surface area contributed by atoms with E-state index >= 15 is 0 Å². The van der Waals surface area contributed by atoms with Gasteiger partial charge < -0.3 is 5.32 Å². The van der Waals surface area contributed by atoms with Gasteiger partial charge in [0.25, 0.3) is 0 Å². The first-order chi connectivity index (χ1) is 13.6. The van der Waals surface area contributed by atoms with Crippen molar-refractivity contribution in [3.63, 3.8) is 0 Å². The van der Waals surface area contributed by atoms with Crippen molar-refractivity contribution in [2.45, 2.75) is 32.2 Å². The van der Waals surface area contributed by atoms with Gasteiger partial charge in [-0.15, -0.1) is 0 Å². The number of anilines is 1. The maximum Gasteiger partial charge on any atom is 0.436 e. The van der Waals surface area contributed by atoms with Crippen LogP contribution in [0.4, 0.5) is 49.6 Å². The van der Waals surface area contributed by atoms with Crippen molar-refractivity contribution in [2.24, 2.45) is 0 Å². The van der Waals surface area contributed by atoms with Gasteiger partial charge in [0, 0.05) is 6.42 Å². The van der Waals surface area contributed by atoms with Gasteiger partial charge in [0.15, 0.2) is 29.0 Å². The highest BCUT2D eigenvalue weighted by atomic mass is 79.9. The molecule has 1 heterocycles. The van der Waals surface area contributed by atoms with Crippen LogP contribution in [0.15, 0.2) is 4.47 Å². The molecule has 0 aliphatic rings. The van der Waals surface area contributed by atoms with E-state index in [4.69, 9.17) is 0 Å². The third kappa shape index (κ3) is 4.54. The number of aromatic nitrogens is 2. The number of nitrogens with one attached hydrogen (secondary N) is 1. The van der Waals surface area contributed by atoms with Crippen LogP contribution in [0.5, 0.6) is 0 Å². The summed E-state index contributed by atoms with van der Waals surface area (Å²) in [6.07, 6.45) is -11.4. The molecular weight excluding hydrogens is 508 g/mol. The summed E-state index contributed by atoms with van der Waals surface area (Å²) in [4.78, 5) is 11.8. The van der Waals surface area contributed by atoms with E-state index in [9.17, 15) is 48.7 Å². The molecule has 0 radical (unpaired) electrons. The fourth-order valence-electron chi connectivity index (χ4n) is 2.32. The van der Waals surface area contributed by atoms with Crippen LogP contribution in [-0.4, -0.2) is 15.7 Å². The fraction of sp³-hybridized carbons (Fsp3) is 0.333. The number of rotatable bonds is 4. The number of benzene rings is 1. The molecule has 15 heteroatoms. The van der Waals surface area contributed by atoms with E-state index in [1.807, 2.05) is 0 Å². The van der Waals surface area contributed by atoms with E-state index in [0.717, 1.165) is 4.68 Å². The monoisotopic (exact) mass is 515 g/mol. The molecule has 4 nitrogen and oxygen atoms in total. The minimum Gasteiger partial charge on any atom is -0.321 e. The molecule has 0 atom stereocenters. The zero-order valence-electron chi connectivity index (χ0n) is 14.4. The Kier molecular flexibility index (Phi) is 6.45. The smallest absolute Gasteiger partial charge is 0.321 e. The summed E-state index contributed by atoms with van der Waals surface area (Å²) in [5.41, 5.74) is -5.98. The number of hydrogen-bond donors (Lipinski definition) is 1. The van der Waals surface area contributed by atoms with E-state index in [0.29, 0.717) is 0 Å². The van der Waals surface area contributed by atoms with Crippen LogP contribution in [0.3, 0.4) is 0 Å². The van der Waals surface area contributed by atoms with Crippen molar-refractivity contribution in [1.29, 1.82) is 0 Å². The van der Waals surface area contributed by atoms with Gasteiger partial charge in [0.1, 0.15) is 11.3 Å². The number of hydrogen-bond acceptors (Lipinski definition) is 2. The Bertz CT molecular complexity index is 967. The molecule has 0 unspecified atom stereocenters. The lowest BCUT2D eigenvalue weighted by molar-refractivity contribution is -0.143. The van der Waals surface area contributed by atoms with Gasteiger partial charge in [-0.25, -0.2) is 17.6 Å². The first-order valence-corrected chi connectivity index (χ1v) is 8.39. The Labute approximate surface area is 169 Å². The van der Waals surface area contributed by atoms with E-state index in [1.54, 1.807) is 0 Å². The molecule has 0 saturated carbocycles. The van der Waals surface area contributed by atoms with Crippen molar-refractivity contribution < 1.29 is 48.7 Å². The molecule has 1 amide bonds. The first-order valence-electron chi connectivity index (χ1n) is 7.60. The van der Waals surface area contributed by atoms with Gasteiger partial charge in [0.2, 0.25) is 5.91 Å². The number of nitrogens with zero attached hydrogens (tertiary/aromatic N) is 2. The SMILES string of the molecule is Cc1c(Br)c(C(F)(F)F)nn1CCC(=O)Nc1c(F)c(F)c(C(F)(F)F)c(F)c1F. The molecule has 1 aromatic carbocycles. The zero-order valence-corrected chi connectivity index (χ0v) is 16.0. The standard InChI is InChI=1S/C15H8BrF10N3O/c1-4-7(16)13(15(24,25)26)28-29(4)3-2-5(30)27-12-10(19)8(17)6(14(21,22)23)9(18)11(12)20/h2-3H2,1H3,(H,27,30). The molecule has 30 heavy (non-hydrogen) atoms. The average molecular weight is 516 g/mol. The molecule has 1 N–H and O–H groups in total. The Balaban J connectivity index is 2.25. The normalized spacial score (nSPS) is 12.4. The van der Waals surface area contributed by atoms with Crippen molar-refractivity contribution in [1.82, 2.24) is 9.78 Å². The first kappa shape index (κ1) is 24.0. The molecule has 0 fully saturated rings. The van der Waals surface area contributed by atoms with Gasteiger partial charge in [-0.05, 0) is 22.9 Å². The second-order valence-electron chi connectivity index (χ2n) is 5.77. The lowest BCUT2D eigenvalue weighted by Gasteiger charge is -2.14. The van der Waals surface area contributed by atoms with Crippen LogP contribution in [0.2, 0.25) is 0 Å². The number of aryl methyl sites for hydroxylation is 1. The van der Waals surface area contributed by atoms with Crippen molar-refractivity contribution in [2.75, 3.05) is 5.32 Å². The highest BCUT2D eigenvalue weighted by Crippen LogP contribution is 2.39. The molecule has 0 bridgehead atoms. The van der Waals surface area contributed by atoms with Crippen LogP contribution in [0, 0.1) is 30.2 Å². The molecule has 0 aliphatic heterocycles. The third-order valence-electron chi connectivity index (χ3n) is 3.76. The molecule has 2 rings (SSSR count). The summed E-state index contributed by atoms with van der Waals surface area (Å²) in [5, 5.41) is 4.60. The van der Waals surface area contributed by atoms with Gasteiger partial charge in [-0.1, -0.05) is 0 Å². The van der Waals surface area contributed by atoms with Crippen LogP contribution >= 0.6 is 15.9 Å². The summed E-state index contributed by atoms with van der Waals surface area (Å²) in [6, 6.07) is 0. The second-order valence-corrected chi connectivity index (χ2v) is 6.56. The molecular formula is C15H8BrF10N3O. The van der Waals surface area contributed by atoms with Crippen LogP contribution in [-0.2, 0) is 23.7 Å². The summed E-state index contributed by atoms with van der Waals surface area (Å²) in [5.74, 6) is -11.9. The Morgan fingerprint density at radius 2 is 1.47 bits per heavy atom. The van der Waals surface area contributed by atoms with E-state index in [-0.39, 0.29) is 5.69 Å². The Morgan fingerprint density at radius 1 is 0.967 bits per heavy atom. The highest BCUT2D eigenvalue weighted by molar-refractivity contribution is 9.10. The third-order valence-corrected chi connectivity index (χ3v) is 4.71. The number of amides is 1. The Morgan fingerprint density at radius 3 is 1.87 bits per heavy atom. The van der Waals surface area contributed by atoms with Gasteiger partial charge >= 0.3 is 12.4 Å². The van der Waals surface area contributed by atoms with Gasteiger partial charge in [-0.2, -0.15) is 31.4 Å². The fourth-order valence-corrected chi connectivity index (χ4v) is 2.83. The number of alkyl halides is 6. The van der Waals surface area contributed by atoms with Crippen molar-refractivity contribution >= 4 is 27.5 Å². The minimum absolute atomic E-state index is 0.0564. The minimum atomic E-state index is -5.75. The lowest BCUT2D eigenvalue weighted by Crippen LogP contribution is -2.21. The van der Waals surface area contributed by atoms with Gasteiger partial charge in [0.05, 0.1) is 16.7 Å². The predicted octanol–water partition coefficient (Wildman–Crippen LogP) is 5.58. The quantitative estimate of drug-likeness (QED) is 0.427. The molecule has 0 aliphatic carbocycles.